The first-order chi connectivity index (χ1) is 13.5. The Hall–Kier alpha value is -1.51. The number of amides is 2. The molecule has 0 heterocycles. The van der Waals surface area contributed by atoms with Gasteiger partial charge in [0.25, 0.3) is 0 Å². The Labute approximate surface area is 173 Å². The molecule has 0 unspecified atom stereocenters. The molecule has 0 fully saturated rings. The Bertz CT molecular complexity index is 525. The smallest absolute Gasteiger partial charge is 0.312 e. The number of hydrogen-bond acceptors (Lipinski definition) is 1. The second-order valence-electron chi connectivity index (χ2n) is 8.43. The van der Waals surface area contributed by atoms with Crippen LogP contribution in [0.5, 0.6) is 0 Å². The van der Waals surface area contributed by atoms with Crippen molar-refractivity contribution < 1.29 is 4.79 Å². The van der Waals surface area contributed by atoms with Gasteiger partial charge in [-0.3, -0.25) is 0 Å². The number of rotatable bonds is 15. The van der Waals surface area contributed by atoms with Gasteiger partial charge in [-0.1, -0.05) is 109 Å². The highest BCUT2D eigenvalue weighted by molar-refractivity contribution is 5.73. The van der Waals surface area contributed by atoms with Crippen LogP contribution < -0.4 is 11.1 Å². The minimum Gasteiger partial charge on any atom is -0.352 e. The summed E-state index contributed by atoms with van der Waals surface area (Å²) in [7, 11) is 0. The molecule has 0 spiro atoms. The van der Waals surface area contributed by atoms with Crippen molar-refractivity contribution in [2.24, 2.45) is 5.73 Å². The number of carbonyl (C=O) groups is 1. The van der Waals surface area contributed by atoms with Crippen LogP contribution in [0.2, 0.25) is 0 Å². The largest absolute Gasteiger partial charge is 0.352 e. The summed E-state index contributed by atoms with van der Waals surface area (Å²) in [6.45, 7) is 8.99. The molecule has 1 rings (SSSR count). The van der Waals surface area contributed by atoms with Crippen LogP contribution >= 0.6 is 0 Å². The van der Waals surface area contributed by atoms with Crippen molar-refractivity contribution in [2.45, 2.75) is 116 Å². The van der Waals surface area contributed by atoms with Crippen molar-refractivity contribution in [1.82, 2.24) is 5.32 Å². The summed E-state index contributed by atoms with van der Waals surface area (Å²) in [6, 6.07) is 10.6. The molecule has 0 radical (unpaired) electrons. The summed E-state index contributed by atoms with van der Waals surface area (Å²) >= 11 is 0. The van der Waals surface area contributed by atoms with Gasteiger partial charge in [0.2, 0.25) is 0 Å². The number of nitrogens with two attached hydrogens (primary N) is 1. The first-order valence-corrected chi connectivity index (χ1v) is 11.6. The molecular weight excluding hydrogens is 344 g/mol. The lowest BCUT2D eigenvalue weighted by Gasteiger charge is -2.53. The second kappa shape index (κ2) is 12.9. The highest BCUT2D eigenvalue weighted by Gasteiger charge is 2.51. The van der Waals surface area contributed by atoms with Crippen molar-refractivity contribution in [3.63, 3.8) is 0 Å². The maximum absolute atomic E-state index is 12.3. The Morgan fingerprint density at radius 1 is 0.786 bits per heavy atom. The van der Waals surface area contributed by atoms with E-state index in [1.807, 2.05) is 0 Å². The molecule has 0 aliphatic rings. The van der Waals surface area contributed by atoms with Crippen molar-refractivity contribution >= 4 is 6.03 Å². The van der Waals surface area contributed by atoms with Gasteiger partial charge < -0.3 is 11.1 Å². The van der Waals surface area contributed by atoms with E-state index in [1.165, 1.54) is 18.4 Å². The van der Waals surface area contributed by atoms with Crippen LogP contribution in [0.1, 0.15) is 110 Å². The third-order valence-corrected chi connectivity index (χ3v) is 6.43. The zero-order valence-corrected chi connectivity index (χ0v) is 18.9. The zero-order chi connectivity index (χ0) is 20.9. The first-order valence-electron chi connectivity index (χ1n) is 11.6. The SMILES string of the molecule is CCCCC(CCCC)(NC(N)=O)C(CCCC)(CCCC)c1ccccc1. The van der Waals surface area contributed by atoms with E-state index in [4.69, 9.17) is 5.73 Å². The molecule has 1 aromatic carbocycles. The standard InChI is InChI=1S/C25H44N2O/c1-5-9-18-24(19-10-6-2,22-16-14-13-15-17-22)25(20-11-7-3,21-12-8-4)27-23(26)28/h13-17H,5-12,18-21H2,1-4H3,(H3,26,27,28). The zero-order valence-electron chi connectivity index (χ0n) is 18.9. The van der Waals surface area contributed by atoms with Gasteiger partial charge in [-0.25, -0.2) is 4.79 Å². The number of unbranched alkanes of at least 4 members (excludes halogenated alkanes) is 4. The second-order valence-corrected chi connectivity index (χ2v) is 8.43. The van der Waals surface area contributed by atoms with E-state index in [1.54, 1.807) is 0 Å². The van der Waals surface area contributed by atoms with E-state index in [2.05, 4.69) is 63.3 Å². The van der Waals surface area contributed by atoms with Crippen molar-refractivity contribution in [3.05, 3.63) is 35.9 Å². The molecule has 0 aromatic heterocycles. The van der Waals surface area contributed by atoms with Gasteiger partial charge in [-0.2, -0.15) is 0 Å². The molecular formula is C25H44N2O. The Morgan fingerprint density at radius 2 is 1.21 bits per heavy atom. The lowest BCUT2D eigenvalue weighted by Crippen LogP contribution is -2.63. The first kappa shape index (κ1) is 24.5. The summed E-state index contributed by atoms with van der Waals surface area (Å²) in [5.41, 5.74) is 6.83. The molecule has 28 heavy (non-hydrogen) atoms. The van der Waals surface area contributed by atoms with E-state index in [-0.39, 0.29) is 17.0 Å². The van der Waals surface area contributed by atoms with Gasteiger partial charge >= 0.3 is 6.03 Å². The highest BCUT2D eigenvalue weighted by atomic mass is 16.2. The molecule has 3 heteroatoms. The summed E-state index contributed by atoms with van der Waals surface area (Å²) in [6.07, 6.45) is 13.3. The number of hydrogen-bond donors (Lipinski definition) is 2. The van der Waals surface area contributed by atoms with Gasteiger partial charge in [0.1, 0.15) is 0 Å². The predicted molar refractivity (Wildman–Crippen MR) is 122 cm³/mol. The molecule has 0 saturated heterocycles. The van der Waals surface area contributed by atoms with Crippen molar-refractivity contribution in [2.75, 3.05) is 0 Å². The van der Waals surface area contributed by atoms with Crippen LogP contribution in [0.25, 0.3) is 0 Å². The molecule has 1 aromatic rings. The minimum atomic E-state index is -0.375. The molecule has 0 saturated carbocycles. The maximum atomic E-state index is 12.3. The van der Waals surface area contributed by atoms with E-state index < -0.39 is 0 Å². The topological polar surface area (TPSA) is 55.1 Å². The van der Waals surface area contributed by atoms with E-state index >= 15 is 0 Å². The van der Waals surface area contributed by atoms with Crippen LogP contribution in [0, 0.1) is 0 Å². The Balaban J connectivity index is 3.65. The maximum Gasteiger partial charge on any atom is 0.312 e. The van der Waals surface area contributed by atoms with Gasteiger partial charge in [0.05, 0.1) is 5.54 Å². The molecule has 0 atom stereocenters. The average molecular weight is 389 g/mol. The number of benzene rings is 1. The molecule has 2 amide bonds. The number of nitrogens with one attached hydrogen (secondary N) is 1. The summed E-state index contributed by atoms with van der Waals surface area (Å²) in [5, 5.41) is 3.36. The highest BCUT2D eigenvalue weighted by Crippen LogP contribution is 2.49. The fourth-order valence-corrected chi connectivity index (χ4v) is 4.92. The van der Waals surface area contributed by atoms with Gasteiger partial charge in [-0.05, 0) is 31.2 Å². The molecule has 0 aliphatic carbocycles. The van der Waals surface area contributed by atoms with Gasteiger partial charge in [0, 0.05) is 5.41 Å². The van der Waals surface area contributed by atoms with Crippen LogP contribution in [-0.4, -0.2) is 11.6 Å². The quantitative estimate of drug-likeness (QED) is 0.331. The van der Waals surface area contributed by atoms with Crippen LogP contribution in [0.15, 0.2) is 30.3 Å². The molecule has 0 bridgehead atoms. The fraction of sp³-hybridized carbons (Fsp3) is 0.720. The summed E-state index contributed by atoms with van der Waals surface area (Å²) in [5.74, 6) is 0. The Kier molecular flexibility index (Phi) is 11.3. The minimum absolute atomic E-state index is 0.0698. The van der Waals surface area contributed by atoms with Gasteiger partial charge in [-0.15, -0.1) is 0 Å². The number of urea groups is 1. The molecule has 160 valence electrons. The van der Waals surface area contributed by atoms with E-state index in [9.17, 15) is 4.79 Å². The average Bonchev–Trinajstić information content (AvgIpc) is 2.71. The molecule has 0 aliphatic heterocycles. The Morgan fingerprint density at radius 3 is 1.61 bits per heavy atom. The lowest BCUT2D eigenvalue weighted by molar-refractivity contribution is 0.113. The third kappa shape index (κ3) is 6.25. The van der Waals surface area contributed by atoms with Crippen molar-refractivity contribution in [1.29, 1.82) is 0 Å². The summed E-state index contributed by atoms with van der Waals surface area (Å²) in [4.78, 5) is 12.3. The number of carbonyl (C=O) groups excluding carboxylic acids is 1. The predicted octanol–water partition coefficient (Wildman–Crippen LogP) is 7.09. The summed E-state index contributed by atoms with van der Waals surface area (Å²) < 4.78 is 0. The normalized spacial score (nSPS) is 12.1. The fourth-order valence-electron chi connectivity index (χ4n) is 4.92. The van der Waals surface area contributed by atoms with Gasteiger partial charge in [0.15, 0.2) is 0 Å². The molecule has 3 N–H and O–H groups in total. The monoisotopic (exact) mass is 388 g/mol. The number of primary amides is 1. The third-order valence-electron chi connectivity index (χ3n) is 6.43. The molecule has 3 nitrogen and oxygen atoms in total. The van der Waals surface area contributed by atoms with Crippen molar-refractivity contribution in [3.8, 4) is 0 Å². The van der Waals surface area contributed by atoms with E-state index in [0.717, 1.165) is 64.2 Å². The van der Waals surface area contributed by atoms with Crippen LogP contribution in [0.4, 0.5) is 4.79 Å². The van der Waals surface area contributed by atoms with E-state index in [0.29, 0.717) is 0 Å². The van der Waals surface area contributed by atoms with Crippen LogP contribution in [0.3, 0.4) is 0 Å². The van der Waals surface area contributed by atoms with Crippen LogP contribution in [-0.2, 0) is 5.41 Å². The lowest BCUT2D eigenvalue weighted by atomic mass is 9.57.